The van der Waals surface area contributed by atoms with Crippen LogP contribution in [0.15, 0.2) is 0 Å². The van der Waals surface area contributed by atoms with Crippen LogP contribution in [0.25, 0.3) is 0 Å². The minimum Gasteiger partial charge on any atom is -0.415 e. The van der Waals surface area contributed by atoms with E-state index in [2.05, 4.69) is 52.4 Å². The molecule has 0 saturated heterocycles. The standard InChI is InChI=1S/C15H35NO2SSi/c1-11-15(8,16-19(17)13(2,3)4)12-18-20(9,10)14(5,6)7/h16H,11-12H2,1-10H3/t15-,19?/m1/s1. The second kappa shape index (κ2) is 6.59. The Balaban J connectivity index is 4.82. The van der Waals surface area contributed by atoms with Gasteiger partial charge in [-0.25, -0.2) is 8.93 Å². The summed E-state index contributed by atoms with van der Waals surface area (Å²) in [4.78, 5) is 0. The molecule has 1 N–H and O–H groups in total. The second-order valence-electron chi connectivity index (χ2n) is 8.45. The van der Waals surface area contributed by atoms with Crippen molar-refractivity contribution >= 4 is 19.3 Å². The summed E-state index contributed by atoms with van der Waals surface area (Å²) in [6.45, 7) is 22.0. The summed E-state index contributed by atoms with van der Waals surface area (Å²) < 4.78 is 21.6. The van der Waals surface area contributed by atoms with Gasteiger partial charge in [-0.05, 0) is 52.2 Å². The lowest BCUT2D eigenvalue weighted by Crippen LogP contribution is -2.53. The molecule has 0 aromatic heterocycles. The van der Waals surface area contributed by atoms with E-state index in [0.717, 1.165) is 6.42 Å². The van der Waals surface area contributed by atoms with Gasteiger partial charge in [0, 0.05) is 5.54 Å². The Labute approximate surface area is 130 Å². The van der Waals surface area contributed by atoms with Crippen molar-refractivity contribution < 1.29 is 8.63 Å². The Morgan fingerprint density at radius 1 is 1.05 bits per heavy atom. The molecule has 0 fully saturated rings. The molecule has 3 nitrogen and oxygen atoms in total. The van der Waals surface area contributed by atoms with Crippen molar-refractivity contribution in [2.45, 2.75) is 90.2 Å². The van der Waals surface area contributed by atoms with Crippen molar-refractivity contribution in [3.05, 3.63) is 0 Å². The molecule has 0 saturated carbocycles. The molecular weight excluding hydrogens is 286 g/mol. The summed E-state index contributed by atoms with van der Waals surface area (Å²) in [5.74, 6) is 0. The molecule has 0 aliphatic carbocycles. The first-order valence-electron chi connectivity index (χ1n) is 7.48. The van der Waals surface area contributed by atoms with E-state index >= 15 is 0 Å². The molecule has 5 heteroatoms. The fraction of sp³-hybridized carbons (Fsp3) is 1.00. The Morgan fingerprint density at radius 3 is 1.80 bits per heavy atom. The van der Waals surface area contributed by atoms with Gasteiger partial charge in [-0.15, -0.1) is 0 Å². The summed E-state index contributed by atoms with van der Waals surface area (Å²) in [5, 5.41) is 0.199. The van der Waals surface area contributed by atoms with Gasteiger partial charge in [0.2, 0.25) is 0 Å². The maximum absolute atomic E-state index is 12.3. The number of hydrogen-bond acceptors (Lipinski definition) is 2. The normalized spacial score (nSPS) is 18.7. The van der Waals surface area contributed by atoms with Gasteiger partial charge in [-0.3, -0.25) is 0 Å². The van der Waals surface area contributed by atoms with Crippen LogP contribution in [-0.4, -0.2) is 29.4 Å². The molecule has 0 aromatic rings. The van der Waals surface area contributed by atoms with Crippen molar-refractivity contribution in [3.63, 3.8) is 0 Å². The van der Waals surface area contributed by atoms with E-state index < -0.39 is 19.3 Å². The van der Waals surface area contributed by atoms with E-state index in [1.807, 2.05) is 20.8 Å². The predicted octanol–water partition coefficient (Wildman–Crippen LogP) is 4.23. The lowest BCUT2D eigenvalue weighted by Gasteiger charge is -2.40. The summed E-state index contributed by atoms with van der Waals surface area (Å²) >= 11 is 0. The molecule has 0 radical (unpaired) electrons. The number of nitrogens with one attached hydrogen (secondary N) is 1. The highest BCUT2D eigenvalue weighted by Gasteiger charge is 2.39. The van der Waals surface area contributed by atoms with Crippen LogP contribution in [0, 0.1) is 0 Å². The highest BCUT2D eigenvalue weighted by molar-refractivity contribution is 7.84. The molecule has 0 rings (SSSR count). The van der Waals surface area contributed by atoms with Gasteiger partial charge in [0.25, 0.3) is 0 Å². The van der Waals surface area contributed by atoms with Crippen LogP contribution in [0.1, 0.15) is 61.8 Å². The smallest absolute Gasteiger partial charge is 0.192 e. The van der Waals surface area contributed by atoms with Crippen molar-refractivity contribution in [3.8, 4) is 0 Å². The largest absolute Gasteiger partial charge is 0.415 e. The zero-order valence-corrected chi connectivity index (χ0v) is 17.0. The van der Waals surface area contributed by atoms with Gasteiger partial charge in [0.05, 0.1) is 22.3 Å². The molecule has 0 amide bonds. The van der Waals surface area contributed by atoms with Crippen molar-refractivity contribution in [1.82, 2.24) is 4.72 Å². The van der Waals surface area contributed by atoms with Gasteiger partial charge >= 0.3 is 0 Å². The monoisotopic (exact) mass is 321 g/mol. The van der Waals surface area contributed by atoms with E-state index in [1.54, 1.807) is 0 Å². The van der Waals surface area contributed by atoms with Crippen LogP contribution < -0.4 is 4.72 Å². The highest BCUT2D eigenvalue weighted by Crippen LogP contribution is 2.37. The minimum atomic E-state index is -1.77. The third-order valence-corrected chi connectivity index (χ3v) is 10.5. The lowest BCUT2D eigenvalue weighted by molar-refractivity contribution is 0.195. The summed E-state index contributed by atoms with van der Waals surface area (Å²) in [6.07, 6.45) is 0.892. The quantitative estimate of drug-likeness (QED) is 0.744. The molecule has 0 bridgehead atoms. The second-order valence-corrected chi connectivity index (χ2v) is 15.2. The number of hydrogen-bond donors (Lipinski definition) is 1. The van der Waals surface area contributed by atoms with Crippen LogP contribution in [0.4, 0.5) is 0 Å². The van der Waals surface area contributed by atoms with E-state index in [9.17, 15) is 4.21 Å². The first-order chi connectivity index (χ1) is 8.65. The van der Waals surface area contributed by atoms with E-state index in [1.165, 1.54) is 0 Å². The average molecular weight is 322 g/mol. The van der Waals surface area contributed by atoms with Crippen molar-refractivity contribution in [2.75, 3.05) is 6.61 Å². The minimum absolute atomic E-state index is 0.199. The third-order valence-electron chi connectivity index (χ3n) is 4.23. The molecule has 2 atom stereocenters. The fourth-order valence-electron chi connectivity index (χ4n) is 1.14. The van der Waals surface area contributed by atoms with Gasteiger partial charge in [0.15, 0.2) is 8.32 Å². The third kappa shape index (κ3) is 5.96. The maximum Gasteiger partial charge on any atom is 0.192 e. The van der Waals surface area contributed by atoms with E-state index in [-0.39, 0.29) is 15.3 Å². The van der Waals surface area contributed by atoms with Crippen LogP contribution in [0.2, 0.25) is 18.1 Å². The van der Waals surface area contributed by atoms with Gasteiger partial charge in [-0.1, -0.05) is 27.7 Å². The zero-order chi connectivity index (χ0) is 16.4. The van der Waals surface area contributed by atoms with Gasteiger partial charge < -0.3 is 4.43 Å². The molecule has 0 aliphatic rings. The van der Waals surface area contributed by atoms with Crippen LogP contribution in [0.5, 0.6) is 0 Å². The van der Waals surface area contributed by atoms with Crippen LogP contribution in [0.3, 0.4) is 0 Å². The molecular formula is C15H35NO2SSi. The lowest BCUT2D eigenvalue weighted by atomic mass is 10.0. The fourth-order valence-corrected chi connectivity index (χ4v) is 3.21. The van der Waals surface area contributed by atoms with Crippen molar-refractivity contribution in [2.24, 2.45) is 0 Å². The van der Waals surface area contributed by atoms with Crippen molar-refractivity contribution in [1.29, 1.82) is 0 Å². The topological polar surface area (TPSA) is 38.3 Å². The SMILES string of the molecule is CC[C@](C)(CO[Si](C)(C)C(C)(C)C)NS(=O)C(C)(C)C. The van der Waals surface area contributed by atoms with E-state index in [4.69, 9.17) is 4.43 Å². The molecule has 0 heterocycles. The zero-order valence-electron chi connectivity index (χ0n) is 15.1. The Morgan fingerprint density at radius 2 is 1.50 bits per heavy atom. The Kier molecular flexibility index (Phi) is 6.68. The summed E-state index contributed by atoms with van der Waals surface area (Å²) in [5.41, 5.74) is -0.242. The number of rotatable bonds is 6. The predicted molar refractivity (Wildman–Crippen MR) is 92.9 cm³/mol. The van der Waals surface area contributed by atoms with Gasteiger partial charge in [0.1, 0.15) is 0 Å². The Bertz CT molecular complexity index is 345. The maximum atomic E-state index is 12.3. The molecule has 0 aliphatic heterocycles. The van der Waals surface area contributed by atoms with Crippen LogP contribution in [-0.2, 0) is 15.4 Å². The highest BCUT2D eigenvalue weighted by atomic mass is 32.2. The molecule has 122 valence electrons. The van der Waals surface area contributed by atoms with Gasteiger partial charge in [-0.2, -0.15) is 0 Å². The first kappa shape index (κ1) is 20.3. The van der Waals surface area contributed by atoms with E-state index in [0.29, 0.717) is 6.61 Å². The average Bonchev–Trinajstić information content (AvgIpc) is 2.23. The summed E-state index contributed by atoms with van der Waals surface area (Å²) in [6, 6.07) is 0. The molecule has 0 spiro atoms. The molecule has 1 unspecified atom stereocenters. The Hall–Kier alpha value is 0.287. The first-order valence-corrected chi connectivity index (χ1v) is 11.5. The summed E-state index contributed by atoms with van der Waals surface area (Å²) in [7, 11) is -2.84. The van der Waals surface area contributed by atoms with Crippen LogP contribution >= 0.6 is 0 Å². The molecule has 20 heavy (non-hydrogen) atoms. The molecule has 0 aromatic carbocycles.